The average Bonchev–Trinajstić information content (AvgIpc) is 2.65. The molecule has 2 unspecified atom stereocenters. The number of ether oxygens (including phenoxy) is 1. The van der Waals surface area contributed by atoms with E-state index in [0.29, 0.717) is 0 Å². The summed E-state index contributed by atoms with van der Waals surface area (Å²) >= 11 is 0. The van der Waals surface area contributed by atoms with Crippen molar-refractivity contribution in [1.29, 1.82) is 0 Å². The van der Waals surface area contributed by atoms with Gasteiger partial charge < -0.3 is 4.74 Å². The Bertz CT molecular complexity index is 376. The standard InChI is InChI=1S/C24H42O3/c1-5-9-11-13-15-19-21(17-7-3)23(25)27-24(26)22(18-8-4)20-16-14-12-10-6-2/h5-6,21-22H,1-2,7-20H2,3-4H3. The highest BCUT2D eigenvalue weighted by molar-refractivity contribution is 5.87. The third-order valence-corrected chi connectivity index (χ3v) is 5.06. The van der Waals surface area contributed by atoms with E-state index in [1.807, 2.05) is 12.2 Å². The van der Waals surface area contributed by atoms with Crippen LogP contribution in [-0.4, -0.2) is 11.9 Å². The lowest BCUT2D eigenvalue weighted by Gasteiger charge is -2.18. The second-order valence-electron chi connectivity index (χ2n) is 7.56. The number of rotatable bonds is 18. The van der Waals surface area contributed by atoms with Crippen molar-refractivity contribution in [3.05, 3.63) is 25.3 Å². The lowest BCUT2D eigenvalue weighted by Crippen LogP contribution is -2.26. The molecule has 0 spiro atoms. The van der Waals surface area contributed by atoms with Crippen LogP contribution in [0.1, 0.15) is 104 Å². The van der Waals surface area contributed by atoms with E-state index >= 15 is 0 Å². The summed E-state index contributed by atoms with van der Waals surface area (Å²) < 4.78 is 5.33. The zero-order chi connectivity index (χ0) is 20.3. The van der Waals surface area contributed by atoms with Gasteiger partial charge in [0.25, 0.3) is 0 Å². The summed E-state index contributed by atoms with van der Waals surface area (Å²) in [5, 5.41) is 0. The fourth-order valence-electron chi connectivity index (χ4n) is 3.44. The highest BCUT2D eigenvalue weighted by atomic mass is 16.6. The largest absolute Gasteiger partial charge is 0.393 e. The molecule has 0 aromatic carbocycles. The highest BCUT2D eigenvalue weighted by Crippen LogP contribution is 2.22. The molecule has 27 heavy (non-hydrogen) atoms. The fraction of sp³-hybridized carbons (Fsp3) is 0.750. The van der Waals surface area contributed by atoms with E-state index in [4.69, 9.17) is 4.74 Å². The van der Waals surface area contributed by atoms with Gasteiger partial charge >= 0.3 is 11.9 Å². The van der Waals surface area contributed by atoms with E-state index in [9.17, 15) is 9.59 Å². The van der Waals surface area contributed by atoms with Crippen molar-refractivity contribution in [2.75, 3.05) is 0 Å². The van der Waals surface area contributed by atoms with Gasteiger partial charge in [0, 0.05) is 0 Å². The maximum Gasteiger partial charge on any atom is 0.316 e. The first-order valence-corrected chi connectivity index (χ1v) is 11.1. The minimum atomic E-state index is -0.307. The van der Waals surface area contributed by atoms with Gasteiger partial charge in [0.15, 0.2) is 0 Å². The van der Waals surface area contributed by atoms with Crippen LogP contribution in [0, 0.1) is 11.8 Å². The van der Waals surface area contributed by atoms with Gasteiger partial charge in [0.05, 0.1) is 11.8 Å². The molecule has 0 heterocycles. The number of allylic oxidation sites excluding steroid dienone is 2. The first-order chi connectivity index (χ1) is 13.1. The summed E-state index contributed by atoms with van der Waals surface area (Å²) in [7, 11) is 0. The van der Waals surface area contributed by atoms with Crippen LogP contribution in [0.5, 0.6) is 0 Å². The van der Waals surface area contributed by atoms with Crippen LogP contribution < -0.4 is 0 Å². The predicted molar refractivity (Wildman–Crippen MR) is 114 cm³/mol. The minimum absolute atomic E-state index is 0.141. The van der Waals surface area contributed by atoms with Crippen LogP contribution in [0.15, 0.2) is 25.3 Å². The van der Waals surface area contributed by atoms with Crippen molar-refractivity contribution in [2.45, 2.75) is 104 Å². The van der Waals surface area contributed by atoms with Crippen LogP contribution in [-0.2, 0) is 14.3 Å². The number of hydrogen-bond donors (Lipinski definition) is 0. The molecule has 2 atom stereocenters. The zero-order valence-corrected chi connectivity index (χ0v) is 17.8. The summed E-state index contributed by atoms with van der Waals surface area (Å²) in [5.41, 5.74) is 0. The maximum atomic E-state index is 12.5. The van der Waals surface area contributed by atoms with Gasteiger partial charge in [0.1, 0.15) is 0 Å². The summed E-state index contributed by atoms with van der Waals surface area (Å²) in [5.74, 6) is -0.897. The lowest BCUT2D eigenvalue weighted by molar-refractivity contribution is -0.166. The second-order valence-corrected chi connectivity index (χ2v) is 7.56. The van der Waals surface area contributed by atoms with Crippen molar-refractivity contribution < 1.29 is 14.3 Å². The van der Waals surface area contributed by atoms with Crippen molar-refractivity contribution >= 4 is 11.9 Å². The van der Waals surface area contributed by atoms with Crippen molar-refractivity contribution in [1.82, 2.24) is 0 Å². The zero-order valence-electron chi connectivity index (χ0n) is 17.8. The minimum Gasteiger partial charge on any atom is -0.393 e. The third-order valence-electron chi connectivity index (χ3n) is 5.06. The van der Waals surface area contributed by atoms with Crippen molar-refractivity contribution in [3.63, 3.8) is 0 Å². The SMILES string of the molecule is C=CCCCCCC(CCC)C(=O)OC(=O)C(CCC)CCCCCC=C. The number of unbranched alkanes of at least 4 members (excludes halogenated alkanes) is 6. The van der Waals surface area contributed by atoms with Gasteiger partial charge in [-0.2, -0.15) is 0 Å². The predicted octanol–water partition coefficient (Wildman–Crippen LogP) is 7.16. The Labute approximate surface area is 167 Å². The Kier molecular flexibility index (Phi) is 17.1. The van der Waals surface area contributed by atoms with Gasteiger partial charge in [-0.3, -0.25) is 9.59 Å². The van der Waals surface area contributed by atoms with Gasteiger partial charge in [0.2, 0.25) is 0 Å². The van der Waals surface area contributed by atoms with Crippen LogP contribution in [0.3, 0.4) is 0 Å². The van der Waals surface area contributed by atoms with Gasteiger partial charge in [-0.15, -0.1) is 13.2 Å². The van der Waals surface area contributed by atoms with Crippen molar-refractivity contribution in [2.24, 2.45) is 11.8 Å². The molecule has 0 aliphatic rings. The Morgan fingerprint density at radius 3 is 1.44 bits per heavy atom. The number of carbonyl (C=O) groups is 2. The molecule has 0 amide bonds. The summed E-state index contributed by atoms with van der Waals surface area (Å²) in [6, 6.07) is 0. The Balaban J connectivity index is 4.44. The van der Waals surface area contributed by atoms with Crippen LogP contribution in [0.2, 0.25) is 0 Å². The molecule has 0 saturated carbocycles. The third kappa shape index (κ3) is 13.4. The van der Waals surface area contributed by atoms with Gasteiger partial charge in [-0.25, -0.2) is 0 Å². The maximum absolute atomic E-state index is 12.5. The Morgan fingerprint density at radius 2 is 1.11 bits per heavy atom. The molecule has 0 rings (SSSR count). The molecule has 0 saturated heterocycles. The summed E-state index contributed by atoms with van der Waals surface area (Å²) in [6.07, 6.45) is 17.4. The van der Waals surface area contributed by atoms with Crippen LogP contribution in [0.25, 0.3) is 0 Å². The van der Waals surface area contributed by atoms with Crippen molar-refractivity contribution in [3.8, 4) is 0 Å². The Morgan fingerprint density at radius 1 is 0.704 bits per heavy atom. The fourth-order valence-corrected chi connectivity index (χ4v) is 3.44. The monoisotopic (exact) mass is 378 g/mol. The molecule has 156 valence electrons. The van der Waals surface area contributed by atoms with E-state index in [0.717, 1.165) is 89.9 Å². The molecule has 0 aliphatic carbocycles. The smallest absolute Gasteiger partial charge is 0.316 e. The molecule has 3 heteroatoms. The molecule has 0 N–H and O–H groups in total. The first kappa shape index (κ1) is 25.6. The molecular weight excluding hydrogens is 336 g/mol. The van der Waals surface area contributed by atoms with Crippen LogP contribution in [0.4, 0.5) is 0 Å². The van der Waals surface area contributed by atoms with E-state index in [1.54, 1.807) is 0 Å². The van der Waals surface area contributed by atoms with Gasteiger partial charge in [-0.05, 0) is 51.4 Å². The number of carbonyl (C=O) groups excluding carboxylic acids is 2. The molecule has 0 fully saturated rings. The molecule has 3 nitrogen and oxygen atoms in total. The molecule has 0 aromatic rings. The molecule has 0 radical (unpaired) electrons. The Hall–Kier alpha value is -1.38. The van der Waals surface area contributed by atoms with E-state index in [-0.39, 0.29) is 23.8 Å². The topological polar surface area (TPSA) is 43.4 Å². The normalized spacial score (nSPS) is 13.0. The summed E-state index contributed by atoms with van der Waals surface area (Å²) in [6.45, 7) is 11.6. The average molecular weight is 379 g/mol. The van der Waals surface area contributed by atoms with E-state index in [1.165, 1.54) is 0 Å². The molecule has 0 bridgehead atoms. The molecular formula is C24H42O3. The van der Waals surface area contributed by atoms with E-state index < -0.39 is 0 Å². The first-order valence-electron chi connectivity index (χ1n) is 11.1. The lowest BCUT2D eigenvalue weighted by atomic mass is 9.95. The molecule has 0 aromatic heterocycles. The number of esters is 2. The van der Waals surface area contributed by atoms with Gasteiger partial charge in [-0.1, -0.05) is 64.5 Å². The second kappa shape index (κ2) is 18.0. The van der Waals surface area contributed by atoms with E-state index in [2.05, 4.69) is 27.0 Å². The van der Waals surface area contributed by atoms with Crippen LogP contribution >= 0.6 is 0 Å². The number of hydrogen-bond acceptors (Lipinski definition) is 3. The molecule has 0 aliphatic heterocycles. The summed E-state index contributed by atoms with van der Waals surface area (Å²) in [4.78, 5) is 25.0. The highest BCUT2D eigenvalue weighted by Gasteiger charge is 2.26. The quantitative estimate of drug-likeness (QED) is 0.110.